The summed E-state index contributed by atoms with van der Waals surface area (Å²) >= 11 is 0. The summed E-state index contributed by atoms with van der Waals surface area (Å²) in [6.07, 6.45) is -0.860. The maximum atomic E-state index is 11.7. The lowest BCUT2D eigenvalue weighted by molar-refractivity contribution is -0.384. The summed E-state index contributed by atoms with van der Waals surface area (Å²) in [6.45, 7) is 0. The molecule has 2 amide bonds. The number of hydroxylamine groups is 1. The van der Waals surface area contributed by atoms with Gasteiger partial charge in [0.15, 0.2) is 0 Å². The van der Waals surface area contributed by atoms with E-state index < -0.39 is 16.9 Å². The molecule has 0 atom stereocenters. The summed E-state index contributed by atoms with van der Waals surface area (Å²) in [5.41, 5.74) is 2.44. The number of hydrogen-bond donors (Lipinski definition) is 2. The van der Waals surface area contributed by atoms with E-state index in [0.717, 1.165) is 0 Å². The Labute approximate surface area is 124 Å². The van der Waals surface area contributed by atoms with E-state index in [9.17, 15) is 19.7 Å². The molecule has 0 radical (unpaired) electrons. The number of nitro groups is 1. The second-order valence-corrected chi connectivity index (χ2v) is 4.12. The first-order chi connectivity index (χ1) is 10.6. The fourth-order valence-corrected chi connectivity index (χ4v) is 1.55. The number of nitrogens with one attached hydrogen (secondary N) is 2. The molecule has 0 aromatic heterocycles. The molecule has 0 saturated heterocycles. The number of carbonyl (C=O) groups is 2. The van der Waals surface area contributed by atoms with E-state index in [1.807, 2.05) is 5.48 Å². The lowest BCUT2D eigenvalue weighted by Crippen LogP contribution is -2.29. The summed E-state index contributed by atoms with van der Waals surface area (Å²) in [4.78, 5) is 37.6. The highest BCUT2D eigenvalue weighted by molar-refractivity contribution is 5.95. The summed E-state index contributed by atoms with van der Waals surface area (Å²) < 4.78 is 0. The monoisotopic (exact) mass is 301 g/mol. The molecule has 2 aromatic carbocycles. The van der Waals surface area contributed by atoms with Crippen LogP contribution in [0.1, 0.15) is 10.4 Å². The Balaban J connectivity index is 1.87. The molecule has 0 bridgehead atoms. The molecule has 22 heavy (non-hydrogen) atoms. The van der Waals surface area contributed by atoms with Crippen molar-refractivity contribution in [2.45, 2.75) is 0 Å². The summed E-state index contributed by atoms with van der Waals surface area (Å²) in [5.74, 6) is -0.696. The highest BCUT2D eigenvalue weighted by Crippen LogP contribution is 2.11. The first kappa shape index (κ1) is 15.0. The van der Waals surface area contributed by atoms with Crippen molar-refractivity contribution >= 4 is 23.4 Å². The fourth-order valence-electron chi connectivity index (χ4n) is 1.55. The number of nitrogens with zero attached hydrogens (tertiary/aromatic N) is 1. The van der Waals surface area contributed by atoms with E-state index in [4.69, 9.17) is 0 Å². The zero-order valence-electron chi connectivity index (χ0n) is 11.2. The standard InChI is InChI=1S/C14H11N3O5/c18-13(10-6-8-12(9-7-10)17(20)21)16-22-14(19)15-11-4-2-1-3-5-11/h1-9H,(H,15,19)(H,16,18). The second kappa shape index (κ2) is 6.84. The van der Waals surface area contributed by atoms with Gasteiger partial charge in [0.2, 0.25) is 0 Å². The largest absolute Gasteiger partial charge is 0.436 e. The number of nitro benzene ring substituents is 1. The van der Waals surface area contributed by atoms with Crippen LogP contribution in [0.4, 0.5) is 16.2 Å². The van der Waals surface area contributed by atoms with Crippen molar-refractivity contribution in [1.82, 2.24) is 5.48 Å². The van der Waals surface area contributed by atoms with Crippen molar-refractivity contribution < 1.29 is 19.3 Å². The molecule has 2 rings (SSSR count). The van der Waals surface area contributed by atoms with Crippen molar-refractivity contribution in [2.24, 2.45) is 0 Å². The zero-order chi connectivity index (χ0) is 15.9. The topological polar surface area (TPSA) is 111 Å². The number of benzene rings is 2. The molecule has 2 N–H and O–H groups in total. The van der Waals surface area contributed by atoms with Gasteiger partial charge in [-0.2, -0.15) is 5.48 Å². The Kier molecular flexibility index (Phi) is 4.66. The molecule has 112 valence electrons. The highest BCUT2D eigenvalue weighted by Gasteiger charge is 2.11. The summed E-state index contributed by atoms with van der Waals surface area (Å²) in [6, 6.07) is 13.4. The molecule has 8 nitrogen and oxygen atoms in total. The third-order valence-electron chi connectivity index (χ3n) is 2.60. The van der Waals surface area contributed by atoms with Crippen LogP contribution < -0.4 is 10.8 Å². The van der Waals surface area contributed by atoms with Gasteiger partial charge in [0, 0.05) is 23.4 Å². The molecule has 0 aliphatic carbocycles. The third kappa shape index (κ3) is 4.04. The number of amides is 2. The normalized spacial score (nSPS) is 9.64. The number of carbonyl (C=O) groups excluding carboxylic acids is 2. The van der Waals surface area contributed by atoms with Crippen molar-refractivity contribution in [3.05, 3.63) is 70.3 Å². The van der Waals surface area contributed by atoms with Crippen molar-refractivity contribution in [1.29, 1.82) is 0 Å². The van der Waals surface area contributed by atoms with E-state index in [1.54, 1.807) is 30.3 Å². The minimum absolute atomic E-state index is 0.123. The number of rotatable bonds is 3. The average molecular weight is 301 g/mol. The van der Waals surface area contributed by atoms with Gasteiger partial charge in [-0.3, -0.25) is 20.2 Å². The van der Waals surface area contributed by atoms with Crippen LogP contribution >= 0.6 is 0 Å². The number of non-ortho nitro benzene ring substituents is 1. The van der Waals surface area contributed by atoms with Gasteiger partial charge < -0.3 is 4.84 Å². The van der Waals surface area contributed by atoms with Crippen LogP contribution in [0.3, 0.4) is 0 Å². The van der Waals surface area contributed by atoms with Gasteiger partial charge in [0.25, 0.3) is 11.6 Å². The molecule has 0 aliphatic heterocycles. The maximum Gasteiger partial charge on any atom is 0.436 e. The SMILES string of the molecule is O=C(Nc1ccccc1)ONC(=O)c1ccc([N+](=O)[O-])cc1. The quantitative estimate of drug-likeness (QED) is 0.668. The van der Waals surface area contributed by atoms with Crippen LogP contribution in [-0.4, -0.2) is 16.9 Å². The number of anilines is 1. The molecule has 0 fully saturated rings. The number of para-hydroxylation sites is 1. The van der Waals surface area contributed by atoms with Gasteiger partial charge in [0.1, 0.15) is 0 Å². The lowest BCUT2D eigenvalue weighted by atomic mass is 10.2. The van der Waals surface area contributed by atoms with Crippen LogP contribution in [0.25, 0.3) is 0 Å². The molecule has 0 saturated carbocycles. The van der Waals surface area contributed by atoms with Crippen LogP contribution in [0.2, 0.25) is 0 Å². The molecule has 0 heterocycles. The van der Waals surface area contributed by atoms with Crippen LogP contribution in [0.5, 0.6) is 0 Å². The number of hydrogen-bond acceptors (Lipinski definition) is 5. The van der Waals surface area contributed by atoms with E-state index in [0.29, 0.717) is 5.69 Å². The van der Waals surface area contributed by atoms with Gasteiger partial charge in [-0.05, 0) is 24.3 Å². The first-order valence-electron chi connectivity index (χ1n) is 6.14. The van der Waals surface area contributed by atoms with Crippen LogP contribution in [0.15, 0.2) is 54.6 Å². The van der Waals surface area contributed by atoms with Crippen molar-refractivity contribution in [3.8, 4) is 0 Å². The van der Waals surface area contributed by atoms with Gasteiger partial charge in [-0.1, -0.05) is 18.2 Å². The average Bonchev–Trinajstić information content (AvgIpc) is 2.53. The zero-order valence-corrected chi connectivity index (χ0v) is 11.2. The van der Waals surface area contributed by atoms with Gasteiger partial charge in [-0.15, -0.1) is 0 Å². The Bertz CT molecular complexity index is 685. The maximum absolute atomic E-state index is 11.7. The van der Waals surface area contributed by atoms with Gasteiger partial charge in [-0.25, -0.2) is 4.79 Å². The first-order valence-corrected chi connectivity index (χ1v) is 6.14. The van der Waals surface area contributed by atoms with E-state index >= 15 is 0 Å². The van der Waals surface area contributed by atoms with E-state index in [1.165, 1.54) is 24.3 Å². The minimum Gasteiger partial charge on any atom is -0.321 e. The molecule has 0 spiro atoms. The predicted octanol–water partition coefficient (Wildman–Crippen LogP) is 2.49. The second-order valence-electron chi connectivity index (χ2n) is 4.12. The van der Waals surface area contributed by atoms with Crippen LogP contribution in [-0.2, 0) is 4.84 Å². The highest BCUT2D eigenvalue weighted by atomic mass is 16.7. The summed E-state index contributed by atoms with van der Waals surface area (Å²) in [5, 5.41) is 12.9. The third-order valence-corrected chi connectivity index (χ3v) is 2.60. The molecule has 2 aromatic rings. The Morgan fingerprint density at radius 3 is 2.23 bits per heavy atom. The van der Waals surface area contributed by atoms with Crippen LogP contribution in [0, 0.1) is 10.1 Å². The lowest BCUT2D eigenvalue weighted by Gasteiger charge is -2.07. The Morgan fingerprint density at radius 1 is 1.00 bits per heavy atom. The molecule has 8 heteroatoms. The molecule has 0 aliphatic rings. The van der Waals surface area contributed by atoms with Crippen molar-refractivity contribution in [2.75, 3.05) is 5.32 Å². The summed E-state index contributed by atoms with van der Waals surface area (Å²) in [7, 11) is 0. The van der Waals surface area contributed by atoms with Gasteiger partial charge >= 0.3 is 6.09 Å². The smallest absolute Gasteiger partial charge is 0.321 e. The fraction of sp³-hybridized carbons (Fsp3) is 0. The molecular weight excluding hydrogens is 290 g/mol. The minimum atomic E-state index is -0.860. The van der Waals surface area contributed by atoms with E-state index in [-0.39, 0.29) is 11.3 Å². The van der Waals surface area contributed by atoms with Crippen molar-refractivity contribution in [3.63, 3.8) is 0 Å². The molecule has 0 unspecified atom stereocenters. The van der Waals surface area contributed by atoms with E-state index in [2.05, 4.69) is 10.2 Å². The predicted molar refractivity (Wildman–Crippen MR) is 77.1 cm³/mol. The Hall–Kier alpha value is -3.42. The molecular formula is C14H11N3O5. The Morgan fingerprint density at radius 2 is 1.64 bits per heavy atom. The van der Waals surface area contributed by atoms with Gasteiger partial charge in [0.05, 0.1) is 4.92 Å².